The third kappa shape index (κ3) is 6.68. The van der Waals surface area contributed by atoms with Gasteiger partial charge in [-0.05, 0) is 72.9 Å². The second kappa shape index (κ2) is 11.0. The number of aryl methyl sites for hydroxylation is 1. The lowest BCUT2D eigenvalue weighted by Crippen LogP contribution is -2.25. The molecule has 0 spiro atoms. The Balaban J connectivity index is 1.49. The highest BCUT2D eigenvalue weighted by Gasteiger charge is 2.37. The first-order chi connectivity index (χ1) is 18.3. The second-order valence-corrected chi connectivity index (χ2v) is 9.06. The van der Waals surface area contributed by atoms with Crippen LogP contribution in [-0.2, 0) is 36.6 Å². The van der Waals surface area contributed by atoms with Crippen LogP contribution in [0.25, 0.3) is 0 Å². The van der Waals surface area contributed by atoms with Gasteiger partial charge in [0, 0.05) is 23.1 Å². The van der Waals surface area contributed by atoms with Gasteiger partial charge >= 0.3 is 18.3 Å². The minimum atomic E-state index is -4.95. The van der Waals surface area contributed by atoms with E-state index >= 15 is 0 Å². The summed E-state index contributed by atoms with van der Waals surface area (Å²) in [5, 5.41) is 0. The molecule has 39 heavy (non-hydrogen) atoms. The van der Waals surface area contributed by atoms with Crippen molar-refractivity contribution in [2.75, 3.05) is 0 Å². The largest absolute Gasteiger partial charge is 0.489 e. The number of ether oxygens (including phenoxy) is 2. The van der Waals surface area contributed by atoms with E-state index in [9.17, 15) is 35.9 Å². The van der Waals surface area contributed by atoms with Crippen LogP contribution >= 0.6 is 0 Å². The predicted molar refractivity (Wildman–Crippen MR) is 129 cm³/mol. The van der Waals surface area contributed by atoms with Crippen LogP contribution < -0.4 is 9.47 Å². The molecule has 0 fully saturated rings. The molecule has 1 atom stereocenters. The third-order valence-corrected chi connectivity index (χ3v) is 6.35. The smallest absolute Gasteiger partial charge is 0.416 e. The number of alkyl halides is 6. The fraction of sp³-hybridized carbons (Fsp3) is 0.241. The lowest BCUT2D eigenvalue weighted by Gasteiger charge is -2.24. The number of Topliss-reactive ketones (excluding diaryl/α,β-unsaturated/α-hetero) is 1. The van der Waals surface area contributed by atoms with Gasteiger partial charge in [-0.1, -0.05) is 24.8 Å². The maximum atomic E-state index is 13.2. The van der Waals surface area contributed by atoms with Crippen molar-refractivity contribution in [2.24, 2.45) is 5.92 Å². The van der Waals surface area contributed by atoms with Gasteiger partial charge < -0.3 is 9.47 Å². The van der Waals surface area contributed by atoms with E-state index in [1.54, 1.807) is 36.4 Å². The lowest BCUT2D eigenvalue weighted by atomic mass is 9.79. The van der Waals surface area contributed by atoms with Crippen molar-refractivity contribution in [1.29, 1.82) is 0 Å². The number of halogens is 6. The van der Waals surface area contributed by atoms with E-state index in [4.69, 9.17) is 9.47 Å². The number of carbonyl (C=O) groups is 2. The molecule has 0 N–H and O–H groups in total. The Labute approximate surface area is 219 Å². The van der Waals surface area contributed by atoms with Gasteiger partial charge in [-0.2, -0.15) is 26.3 Å². The zero-order valence-corrected chi connectivity index (χ0v) is 20.4. The minimum Gasteiger partial charge on any atom is -0.489 e. The number of hydrogen-bond donors (Lipinski definition) is 0. The molecule has 1 aliphatic rings. The standard InChI is InChI=1S/C29H22F6O4/c1-2-26(36)39-25-6-4-3-5-20(25)16-38-23-9-10-24-18(14-23)7-8-19(27(24)37)11-17-12-21(28(30,31)32)15-22(13-17)29(33,34)35/h2-6,9-10,12-15,19H,1,7-8,11,16H2. The number of hydrogen-bond acceptors (Lipinski definition) is 4. The van der Waals surface area contributed by atoms with E-state index in [0.29, 0.717) is 46.7 Å². The molecule has 0 radical (unpaired) electrons. The summed E-state index contributed by atoms with van der Waals surface area (Å²) in [6, 6.07) is 12.9. The number of rotatable bonds is 7. The third-order valence-electron chi connectivity index (χ3n) is 6.35. The van der Waals surface area contributed by atoms with Crippen LogP contribution in [0.4, 0.5) is 26.3 Å². The Bertz CT molecular complexity index is 1380. The first-order valence-corrected chi connectivity index (χ1v) is 11.9. The van der Waals surface area contributed by atoms with Gasteiger partial charge in [0.2, 0.25) is 0 Å². The van der Waals surface area contributed by atoms with Crippen LogP contribution in [0.15, 0.2) is 73.3 Å². The lowest BCUT2D eigenvalue weighted by molar-refractivity contribution is -0.143. The maximum absolute atomic E-state index is 13.2. The molecule has 4 rings (SSSR count). The normalized spacial score (nSPS) is 15.4. The monoisotopic (exact) mass is 548 g/mol. The van der Waals surface area contributed by atoms with Crippen molar-refractivity contribution in [1.82, 2.24) is 0 Å². The highest BCUT2D eigenvalue weighted by Crippen LogP contribution is 2.38. The number of ketones is 1. The molecular weight excluding hydrogens is 526 g/mol. The Hall–Kier alpha value is -4.08. The predicted octanol–water partition coefficient (Wildman–Crippen LogP) is 7.38. The summed E-state index contributed by atoms with van der Waals surface area (Å²) in [6.07, 6.45) is -8.47. The highest BCUT2D eigenvalue weighted by atomic mass is 19.4. The van der Waals surface area contributed by atoms with Gasteiger partial charge in [0.25, 0.3) is 0 Å². The Morgan fingerprint density at radius 1 is 0.949 bits per heavy atom. The number of fused-ring (bicyclic) bond motifs is 1. The molecule has 0 aromatic heterocycles. The fourth-order valence-corrected chi connectivity index (χ4v) is 4.44. The Kier molecular flexibility index (Phi) is 7.85. The van der Waals surface area contributed by atoms with Crippen LogP contribution in [0, 0.1) is 5.92 Å². The molecular formula is C29H22F6O4. The van der Waals surface area contributed by atoms with Gasteiger partial charge in [-0.3, -0.25) is 4.79 Å². The van der Waals surface area contributed by atoms with Crippen molar-refractivity contribution < 1.29 is 45.4 Å². The summed E-state index contributed by atoms with van der Waals surface area (Å²) >= 11 is 0. The molecule has 1 unspecified atom stereocenters. The van der Waals surface area contributed by atoms with Gasteiger partial charge in [-0.25, -0.2) is 4.79 Å². The summed E-state index contributed by atoms with van der Waals surface area (Å²) in [7, 11) is 0. The molecule has 4 nitrogen and oxygen atoms in total. The molecule has 0 saturated heterocycles. The Morgan fingerprint density at radius 3 is 2.26 bits per heavy atom. The quantitative estimate of drug-likeness (QED) is 0.134. The molecule has 0 aliphatic heterocycles. The van der Waals surface area contributed by atoms with Crippen molar-refractivity contribution in [2.45, 2.75) is 38.2 Å². The molecule has 0 saturated carbocycles. The molecule has 1 aliphatic carbocycles. The van der Waals surface area contributed by atoms with E-state index in [2.05, 4.69) is 6.58 Å². The highest BCUT2D eigenvalue weighted by molar-refractivity contribution is 6.00. The average Bonchev–Trinajstić information content (AvgIpc) is 2.88. The molecule has 204 valence electrons. The molecule has 3 aromatic carbocycles. The zero-order valence-electron chi connectivity index (χ0n) is 20.4. The van der Waals surface area contributed by atoms with Crippen molar-refractivity contribution in [3.63, 3.8) is 0 Å². The van der Waals surface area contributed by atoms with Crippen molar-refractivity contribution in [3.05, 3.63) is 107 Å². The Morgan fingerprint density at radius 2 is 1.62 bits per heavy atom. The summed E-state index contributed by atoms with van der Waals surface area (Å²) in [5.74, 6) is -0.987. The zero-order chi connectivity index (χ0) is 28.4. The van der Waals surface area contributed by atoms with Crippen LogP contribution in [0.5, 0.6) is 11.5 Å². The molecule has 0 heterocycles. The molecule has 10 heteroatoms. The van der Waals surface area contributed by atoms with Crippen LogP contribution in [0.3, 0.4) is 0 Å². The van der Waals surface area contributed by atoms with E-state index in [1.165, 1.54) is 6.07 Å². The van der Waals surface area contributed by atoms with E-state index in [-0.39, 0.29) is 36.9 Å². The summed E-state index contributed by atoms with van der Waals surface area (Å²) in [5.41, 5.74) is -1.39. The van der Waals surface area contributed by atoms with E-state index < -0.39 is 35.4 Å². The second-order valence-electron chi connectivity index (χ2n) is 9.06. The SMILES string of the molecule is C=CC(=O)Oc1ccccc1COc1ccc2c(c1)CCC(Cc1cc(C(F)(F)F)cc(C(F)(F)F)c1)C2=O. The first-order valence-electron chi connectivity index (χ1n) is 11.9. The molecule has 0 bridgehead atoms. The van der Waals surface area contributed by atoms with Gasteiger partial charge in [0.15, 0.2) is 5.78 Å². The first kappa shape index (κ1) is 27.9. The van der Waals surface area contributed by atoms with Crippen LogP contribution in [0.1, 0.15) is 44.6 Å². The average molecular weight is 548 g/mol. The fourth-order valence-electron chi connectivity index (χ4n) is 4.44. The summed E-state index contributed by atoms with van der Waals surface area (Å²) in [6.45, 7) is 3.42. The number of carbonyl (C=O) groups excluding carboxylic acids is 2. The number of benzene rings is 3. The van der Waals surface area contributed by atoms with Gasteiger partial charge in [0.05, 0.1) is 11.1 Å². The summed E-state index contributed by atoms with van der Waals surface area (Å²) in [4.78, 5) is 24.7. The van der Waals surface area contributed by atoms with E-state index in [0.717, 1.165) is 6.08 Å². The minimum absolute atomic E-state index is 0.0625. The van der Waals surface area contributed by atoms with Crippen molar-refractivity contribution in [3.8, 4) is 11.5 Å². The molecule has 3 aromatic rings. The van der Waals surface area contributed by atoms with Crippen LogP contribution in [0.2, 0.25) is 0 Å². The molecule has 0 amide bonds. The van der Waals surface area contributed by atoms with Gasteiger partial charge in [-0.15, -0.1) is 0 Å². The number of esters is 1. The summed E-state index contributed by atoms with van der Waals surface area (Å²) < 4.78 is 90.3. The van der Waals surface area contributed by atoms with Crippen LogP contribution in [-0.4, -0.2) is 11.8 Å². The topological polar surface area (TPSA) is 52.6 Å². The van der Waals surface area contributed by atoms with Gasteiger partial charge in [0.1, 0.15) is 18.1 Å². The number of para-hydroxylation sites is 1. The van der Waals surface area contributed by atoms with E-state index in [1.807, 2.05) is 0 Å². The maximum Gasteiger partial charge on any atom is 0.416 e. The van der Waals surface area contributed by atoms with Crippen molar-refractivity contribution >= 4 is 11.8 Å².